The van der Waals surface area contributed by atoms with E-state index in [1.807, 2.05) is 13.8 Å². The lowest BCUT2D eigenvalue weighted by Crippen LogP contribution is -2.26. The monoisotopic (exact) mass is 259 g/mol. The molecule has 2 rings (SSSR count). The van der Waals surface area contributed by atoms with Gasteiger partial charge in [0.15, 0.2) is 11.6 Å². The van der Waals surface area contributed by atoms with Gasteiger partial charge in [-0.2, -0.15) is 0 Å². The molecule has 2 N–H and O–H groups in total. The van der Waals surface area contributed by atoms with Crippen molar-refractivity contribution < 1.29 is 9.47 Å². The predicted molar refractivity (Wildman–Crippen MR) is 63.3 cm³/mol. The standard InChI is InChI=1S/C10H14ClN3O3/c1-10(2)16-4-6(17-10)3-12-8-7(11)9(15)14-5-13-8/h5-6H,3-4H2,1-2H3,(H2,12,13,14,15). The fraction of sp³-hybridized carbons (Fsp3) is 0.600. The van der Waals surface area contributed by atoms with Crippen LogP contribution in [0.1, 0.15) is 13.8 Å². The van der Waals surface area contributed by atoms with Gasteiger partial charge in [0.2, 0.25) is 0 Å². The van der Waals surface area contributed by atoms with Crippen molar-refractivity contribution in [1.82, 2.24) is 9.97 Å². The fourth-order valence-electron chi connectivity index (χ4n) is 1.58. The van der Waals surface area contributed by atoms with Gasteiger partial charge in [0, 0.05) is 6.54 Å². The minimum absolute atomic E-state index is 0.0469. The highest BCUT2D eigenvalue weighted by molar-refractivity contribution is 6.32. The molecule has 1 fully saturated rings. The van der Waals surface area contributed by atoms with Crippen LogP contribution in [0.3, 0.4) is 0 Å². The normalized spacial score (nSPS) is 22.6. The highest BCUT2D eigenvalue weighted by Crippen LogP contribution is 2.22. The van der Waals surface area contributed by atoms with Gasteiger partial charge in [-0.3, -0.25) is 4.79 Å². The highest BCUT2D eigenvalue weighted by atomic mass is 35.5. The van der Waals surface area contributed by atoms with Crippen molar-refractivity contribution in [2.24, 2.45) is 0 Å². The third-order valence-corrected chi connectivity index (χ3v) is 2.71. The number of aromatic nitrogens is 2. The van der Waals surface area contributed by atoms with Gasteiger partial charge in [0.25, 0.3) is 5.56 Å². The number of nitrogens with zero attached hydrogens (tertiary/aromatic N) is 1. The van der Waals surface area contributed by atoms with Crippen molar-refractivity contribution in [1.29, 1.82) is 0 Å². The van der Waals surface area contributed by atoms with Crippen LogP contribution >= 0.6 is 11.6 Å². The summed E-state index contributed by atoms with van der Waals surface area (Å²) in [6.45, 7) is 4.69. The Bertz CT molecular complexity index is 460. The van der Waals surface area contributed by atoms with Crippen molar-refractivity contribution in [3.8, 4) is 0 Å². The Balaban J connectivity index is 1.95. The van der Waals surface area contributed by atoms with Gasteiger partial charge in [0.05, 0.1) is 12.9 Å². The number of anilines is 1. The molecule has 17 heavy (non-hydrogen) atoms. The minimum atomic E-state index is -0.558. The molecule has 1 aromatic heterocycles. The highest BCUT2D eigenvalue weighted by Gasteiger charge is 2.32. The largest absolute Gasteiger partial charge is 0.366 e. The summed E-state index contributed by atoms with van der Waals surface area (Å²) in [5, 5.41) is 3.01. The maximum absolute atomic E-state index is 11.2. The number of rotatable bonds is 3. The lowest BCUT2D eigenvalue weighted by Gasteiger charge is -2.17. The number of H-pyrrole nitrogens is 1. The number of halogens is 1. The molecule has 1 atom stereocenters. The number of ether oxygens (including phenoxy) is 2. The van der Waals surface area contributed by atoms with Crippen molar-refractivity contribution in [2.45, 2.75) is 25.7 Å². The van der Waals surface area contributed by atoms with Gasteiger partial charge < -0.3 is 19.8 Å². The van der Waals surface area contributed by atoms with Gasteiger partial charge in [-0.05, 0) is 13.8 Å². The van der Waals surface area contributed by atoms with Crippen LogP contribution in [0, 0.1) is 0 Å². The Labute approximate surface area is 103 Å². The third kappa shape index (κ3) is 2.96. The molecular weight excluding hydrogens is 246 g/mol. The van der Waals surface area contributed by atoms with Crippen molar-refractivity contribution in [3.05, 3.63) is 21.7 Å². The van der Waals surface area contributed by atoms with Crippen LogP contribution in [0.25, 0.3) is 0 Å². The molecule has 1 aliphatic heterocycles. The van der Waals surface area contributed by atoms with Crippen molar-refractivity contribution in [2.75, 3.05) is 18.5 Å². The smallest absolute Gasteiger partial charge is 0.271 e. The van der Waals surface area contributed by atoms with Crippen LogP contribution < -0.4 is 10.9 Å². The van der Waals surface area contributed by atoms with Crippen LogP contribution in [0.2, 0.25) is 5.02 Å². The first kappa shape index (κ1) is 12.3. The number of hydrogen-bond donors (Lipinski definition) is 2. The van der Waals surface area contributed by atoms with E-state index in [2.05, 4.69) is 15.3 Å². The minimum Gasteiger partial charge on any atom is -0.366 e. The van der Waals surface area contributed by atoms with Crippen LogP contribution in [-0.2, 0) is 9.47 Å². The third-order valence-electron chi connectivity index (χ3n) is 2.36. The fourth-order valence-corrected chi connectivity index (χ4v) is 1.75. The SMILES string of the molecule is CC1(C)OCC(CNc2nc[nH]c(=O)c2Cl)O1. The molecule has 7 heteroatoms. The Kier molecular flexibility index (Phi) is 3.37. The number of aromatic amines is 1. The molecule has 0 amide bonds. The van der Waals surface area contributed by atoms with E-state index in [-0.39, 0.29) is 16.7 Å². The van der Waals surface area contributed by atoms with Crippen molar-refractivity contribution in [3.63, 3.8) is 0 Å². The lowest BCUT2D eigenvalue weighted by molar-refractivity contribution is -0.136. The second kappa shape index (κ2) is 4.64. The number of hydrogen-bond acceptors (Lipinski definition) is 5. The van der Waals surface area contributed by atoms with Crippen LogP contribution in [0.15, 0.2) is 11.1 Å². The van der Waals surface area contributed by atoms with Gasteiger partial charge in [-0.25, -0.2) is 4.98 Å². The van der Waals surface area contributed by atoms with E-state index in [0.717, 1.165) is 0 Å². The molecule has 0 aliphatic carbocycles. The molecule has 0 saturated carbocycles. The second-order valence-corrected chi connectivity index (χ2v) is 4.60. The van der Waals surface area contributed by atoms with E-state index in [9.17, 15) is 4.79 Å². The van der Waals surface area contributed by atoms with Crippen molar-refractivity contribution >= 4 is 17.4 Å². The summed E-state index contributed by atoms with van der Waals surface area (Å²) in [5.74, 6) is -0.207. The molecule has 1 unspecified atom stereocenters. The molecule has 0 aromatic carbocycles. The molecule has 6 nitrogen and oxygen atoms in total. The van der Waals surface area contributed by atoms with E-state index in [1.54, 1.807) is 0 Å². The number of nitrogens with one attached hydrogen (secondary N) is 2. The molecule has 1 saturated heterocycles. The zero-order chi connectivity index (χ0) is 12.5. The molecule has 0 spiro atoms. The average molecular weight is 260 g/mol. The second-order valence-electron chi connectivity index (χ2n) is 4.23. The molecule has 1 aliphatic rings. The summed E-state index contributed by atoms with van der Waals surface area (Å²) in [5.41, 5.74) is -0.368. The van der Waals surface area contributed by atoms with Crippen LogP contribution in [-0.4, -0.2) is 35.0 Å². The van der Waals surface area contributed by atoms with Gasteiger partial charge in [-0.1, -0.05) is 11.6 Å². The lowest BCUT2D eigenvalue weighted by atomic mass is 10.3. The molecule has 0 radical (unpaired) electrons. The van der Waals surface area contributed by atoms with Crippen LogP contribution in [0.5, 0.6) is 0 Å². The van der Waals surface area contributed by atoms with E-state index in [4.69, 9.17) is 21.1 Å². The summed E-state index contributed by atoms with van der Waals surface area (Å²) < 4.78 is 11.0. The van der Waals surface area contributed by atoms with Crippen LogP contribution in [0.4, 0.5) is 5.82 Å². The quantitative estimate of drug-likeness (QED) is 0.847. The van der Waals surface area contributed by atoms with E-state index >= 15 is 0 Å². The summed E-state index contributed by atoms with van der Waals surface area (Å²) in [6, 6.07) is 0. The van der Waals surface area contributed by atoms with E-state index in [0.29, 0.717) is 19.0 Å². The molecule has 2 heterocycles. The first-order valence-corrected chi connectivity index (χ1v) is 5.64. The molecule has 0 bridgehead atoms. The summed E-state index contributed by atoms with van der Waals surface area (Å²) >= 11 is 5.79. The molecule has 1 aromatic rings. The maximum atomic E-state index is 11.2. The Morgan fingerprint density at radius 2 is 2.47 bits per heavy atom. The Morgan fingerprint density at radius 3 is 3.12 bits per heavy atom. The first-order chi connectivity index (χ1) is 7.98. The first-order valence-electron chi connectivity index (χ1n) is 5.27. The zero-order valence-electron chi connectivity index (χ0n) is 9.62. The maximum Gasteiger partial charge on any atom is 0.271 e. The summed E-state index contributed by atoms with van der Waals surface area (Å²) in [6.07, 6.45) is 1.22. The summed E-state index contributed by atoms with van der Waals surface area (Å²) in [4.78, 5) is 17.5. The Morgan fingerprint density at radius 1 is 1.71 bits per heavy atom. The molecular formula is C10H14ClN3O3. The van der Waals surface area contributed by atoms with Gasteiger partial charge in [-0.15, -0.1) is 0 Å². The average Bonchev–Trinajstić information content (AvgIpc) is 2.61. The zero-order valence-corrected chi connectivity index (χ0v) is 10.4. The van der Waals surface area contributed by atoms with Gasteiger partial charge in [0.1, 0.15) is 11.1 Å². The van der Waals surface area contributed by atoms with E-state index in [1.165, 1.54) is 6.33 Å². The topological polar surface area (TPSA) is 76.2 Å². The molecule has 94 valence electrons. The van der Waals surface area contributed by atoms with E-state index < -0.39 is 5.79 Å². The Hall–Kier alpha value is -1.11. The summed E-state index contributed by atoms with van der Waals surface area (Å²) in [7, 11) is 0. The predicted octanol–water partition coefficient (Wildman–Crippen LogP) is 0.987. The van der Waals surface area contributed by atoms with Gasteiger partial charge >= 0.3 is 0 Å².